The van der Waals surface area contributed by atoms with E-state index in [2.05, 4.69) is 10.6 Å². The fourth-order valence-corrected chi connectivity index (χ4v) is 3.32. The van der Waals surface area contributed by atoms with Gasteiger partial charge in [0.25, 0.3) is 0 Å². The van der Waals surface area contributed by atoms with E-state index in [0.717, 1.165) is 41.2 Å². The predicted molar refractivity (Wildman–Crippen MR) is 76.3 cm³/mol. The number of amides is 1. The molecule has 3 nitrogen and oxygen atoms in total. The molecule has 1 saturated heterocycles. The molecule has 0 aromatic carbocycles. The number of thiophene rings is 1. The normalized spacial score (nSPS) is 20.9. The maximum Gasteiger partial charge on any atom is 0.228 e. The summed E-state index contributed by atoms with van der Waals surface area (Å²) in [6.07, 6.45) is 2.29. The van der Waals surface area contributed by atoms with Crippen LogP contribution in [0.4, 0.5) is 0 Å². The molecule has 2 rings (SSSR count). The van der Waals surface area contributed by atoms with Gasteiger partial charge in [0, 0.05) is 11.4 Å². The van der Waals surface area contributed by atoms with Crippen LogP contribution in [-0.4, -0.2) is 25.5 Å². The van der Waals surface area contributed by atoms with E-state index in [1.54, 1.807) is 0 Å². The highest BCUT2D eigenvalue weighted by molar-refractivity contribution is 7.16. The van der Waals surface area contributed by atoms with Crippen molar-refractivity contribution in [3.63, 3.8) is 0 Å². The Morgan fingerprint density at radius 3 is 3.11 bits per heavy atom. The fourth-order valence-electron chi connectivity index (χ4n) is 2.20. The van der Waals surface area contributed by atoms with Crippen LogP contribution in [0.5, 0.6) is 0 Å². The lowest BCUT2D eigenvalue weighted by Gasteiger charge is -2.12. The SMILES string of the molecule is CC(C(=O)NCCC1CCNC1)c1ccc(Cl)s1. The smallest absolute Gasteiger partial charge is 0.228 e. The first-order valence-electron chi connectivity index (χ1n) is 6.40. The van der Waals surface area contributed by atoms with Crippen molar-refractivity contribution >= 4 is 28.8 Å². The van der Waals surface area contributed by atoms with Gasteiger partial charge in [-0.2, -0.15) is 0 Å². The number of hydrogen-bond donors (Lipinski definition) is 2. The summed E-state index contributed by atoms with van der Waals surface area (Å²) < 4.78 is 0.738. The molecule has 0 bridgehead atoms. The third-order valence-electron chi connectivity index (χ3n) is 3.43. The lowest BCUT2D eigenvalue weighted by molar-refractivity contribution is -0.122. The topological polar surface area (TPSA) is 41.1 Å². The highest BCUT2D eigenvalue weighted by Gasteiger charge is 2.18. The van der Waals surface area contributed by atoms with Gasteiger partial charge in [-0.3, -0.25) is 4.79 Å². The summed E-state index contributed by atoms with van der Waals surface area (Å²) in [6, 6.07) is 3.77. The van der Waals surface area contributed by atoms with Crippen molar-refractivity contribution in [1.29, 1.82) is 0 Å². The average molecular weight is 287 g/mol. The largest absolute Gasteiger partial charge is 0.356 e. The quantitative estimate of drug-likeness (QED) is 0.874. The van der Waals surface area contributed by atoms with Gasteiger partial charge in [-0.1, -0.05) is 11.6 Å². The van der Waals surface area contributed by atoms with Gasteiger partial charge in [0.2, 0.25) is 5.91 Å². The lowest BCUT2D eigenvalue weighted by Crippen LogP contribution is -2.29. The first kappa shape index (κ1) is 13.8. The molecule has 18 heavy (non-hydrogen) atoms. The maximum atomic E-state index is 12.0. The first-order valence-corrected chi connectivity index (χ1v) is 7.60. The minimum absolute atomic E-state index is 0.0967. The molecule has 0 saturated carbocycles. The molecule has 1 aromatic rings. The number of carbonyl (C=O) groups is 1. The second kappa shape index (κ2) is 6.55. The van der Waals surface area contributed by atoms with E-state index in [4.69, 9.17) is 11.6 Å². The van der Waals surface area contributed by atoms with E-state index >= 15 is 0 Å². The van der Waals surface area contributed by atoms with Gasteiger partial charge >= 0.3 is 0 Å². The summed E-state index contributed by atoms with van der Waals surface area (Å²) in [5.41, 5.74) is 0. The van der Waals surface area contributed by atoms with Gasteiger partial charge < -0.3 is 10.6 Å². The van der Waals surface area contributed by atoms with Crippen LogP contribution < -0.4 is 10.6 Å². The lowest BCUT2D eigenvalue weighted by atomic mass is 10.0. The summed E-state index contributed by atoms with van der Waals surface area (Å²) in [4.78, 5) is 13.0. The zero-order valence-electron chi connectivity index (χ0n) is 10.5. The number of nitrogens with one attached hydrogen (secondary N) is 2. The molecule has 1 aliphatic rings. The molecule has 0 spiro atoms. The highest BCUT2D eigenvalue weighted by atomic mass is 35.5. The van der Waals surface area contributed by atoms with Crippen molar-refractivity contribution in [3.05, 3.63) is 21.3 Å². The second-order valence-corrected chi connectivity index (χ2v) is 6.55. The molecule has 5 heteroatoms. The van der Waals surface area contributed by atoms with Gasteiger partial charge in [-0.05, 0) is 50.9 Å². The van der Waals surface area contributed by atoms with Gasteiger partial charge in [0.15, 0.2) is 0 Å². The Balaban J connectivity index is 1.73. The van der Waals surface area contributed by atoms with Crippen molar-refractivity contribution in [1.82, 2.24) is 10.6 Å². The van der Waals surface area contributed by atoms with Crippen molar-refractivity contribution < 1.29 is 4.79 Å². The predicted octanol–water partition coefficient (Wildman–Crippen LogP) is 2.62. The van der Waals surface area contributed by atoms with Crippen LogP contribution in [0.25, 0.3) is 0 Å². The highest BCUT2D eigenvalue weighted by Crippen LogP contribution is 2.28. The van der Waals surface area contributed by atoms with Gasteiger partial charge in [-0.15, -0.1) is 11.3 Å². The Hall–Kier alpha value is -0.580. The number of hydrogen-bond acceptors (Lipinski definition) is 3. The van der Waals surface area contributed by atoms with Gasteiger partial charge in [0.1, 0.15) is 0 Å². The molecule has 1 amide bonds. The minimum Gasteiger partial charge on any atom is -0.356 e. The monoisotopic (exact) mass is 286 g/mol. The Morgan fingerprint density at radius 2 is 2.50 bits per heavy atom. The molecular weight excluding hydrogens is 268 g/mol. The summed E-state index contributed by atoms with van der Waals surface area (Å²) in [5, 5.41) is 6.35. The van der Waals surface area contributed by atoms with E-state index in [-0.39, 0.29) is 11.8 Å². The second-order valence-electron chi connectivity index (χ2n) is 4.80. The molecule has 2 unspecified atom stereocenters. The van der Waals surface area contributed by atoms with E-state index in [9.17, 15) is 4.79 Å². The minimum atomic E-state index is -0.107. The van der Waals surface area contributed by atoms with Crippen molar-refractivity contribution in [2.75, 3.05) is 19.6 Å². The van der Waals surface area contributed by atoms with Gasteiger partial charge in [-0.25, -0.2) is 0 Å². The zero-order valence-corrected chi connectivity index (χ0v) is 12.1. The third kappa shape index (κ3) is 3.70. The van der Waals surface area contributed by atoms with Crippen molar-refractivity contribution in [2.24, 2.45) is 5.92 Å². The molecule has 1 aromatic heterocycles. The number of halogens is 1. The molecule has 2 N–H and O–H groups in total. The Morgan fingerprint density at radius 1 is 1.67 bits per heavy atom. The van der Waals surface area contributed by atoms with Crippen molar-refractivity contribution in [2.45, 2.75) is 25.7 Å². The molecule has 0 aliphatic carbocycles. The van der Waals surface area contributed by atoms with Crippen LogP contribution in [0, 0.1) is 5.92 Å². The summed E-state index contributed by atoms with van der Waals surface area (Å²) in [5.74, 6) is 0.709. The molecule has 0 radical (unpaired) electrons. The van der Waals surface area contributed by atoms with Crippen LogP contribution in [0.2, 0.25) is 4.34 Å². The number of carbonyl (C=O) groups excluding carboxylic acids is 1. The first-order chi connectivity index (χ1) is 8.66. The summed E-state index contributed by atoms with van der Waals surface area (Å²) in [6.45, 7) is 4.90. The van der Waals surface area contributed by atoms with Crippen LogP contribution in [-0.2, 0) is 4.79 Å². The standard InChI is InChI=1S/C13H19ClN2OS/c1-9(11-2-3-12(14)18-11)13(17)16-7-5-10-4-6-15-8-10/h2-3,9-10,15H,4-8H2,1H3,(H,16,17). The van der Waals surface area contributed by atoms with Crippen LogP contribution in [0.3, 0.4) is 0 Å². The summed E-state index contributed by atoms with van der Waals surface area (Å²) in [7, 11) is 0. The average Bonchev–Trinajstić information content (AvgIpc) is 2.99. The van der Waals surface area contributed by atoms with Crippen molar-refractivity contribution in [3.8, 4) is 0 Å². The number of rotatable bonds is 5. The Kier molecular flexibility index (Phi) is 5.03. The molecule has 2 atom stereocenters. The Bertz CT molecular complexity index is 401. The molecule has 1 aliphatic heterocycles. The summed E-state index contributed by atoms with van der Waals surface area (Å²) >= 11 is 7.36. The molecule has 100 valence electrons. The maximum absolute atomic E-state index is 12.0. The zero-order chi connectivity index (χ0) is 13.0. The van der Waals surface area contributed by atoms with Crippen LogP contribution in [0.15, 0.2) is 12.1 Å². The molecule has 1 fully saturated rings. The Labute approximate surface area is 117 Å². The van der Waals surface area contributed by atoms with Crippen LogP contribution >= 0.6 is 22.9 Å². The third-order valence-corrected chi connectivity index (χ3v) is 4.84. The van der Waals surface area contributed by atoms with E-state index in [0.29, 0.717) is 0 Å². The van der Waals surface area contributed by atoms with E-state index in [1.165, 1.54) is 17.8 Å². The molecule has 2 heterocycles. The fraction of sp³-hybridized carbons (Fsp3) is 0.615. The van der Waals surface area contributed by atoms with E-state index < -0.39 is 0 Å². The molecular formula is C13H19ClN2OS. The van der Waals surface area contributed by atoms with Gasteiger partial charge in [0.05, 0.1) is 10.3 Å². The van der Waals surface area contributed by atoms with Crippen LogP contribution in [0.1, 0.15) is 30.6 Å². The van der Waals surface area contributed by atoms with E-state index in [1.807, 2.05) is 19.1 Å².